The van der Waals surface area contributed by atoms with Crippen LogP contribution in [-0.4, -0.2) is 12.0 Å². The minimum Gasteiger partial charge on any atom is -0.389 e. The number of thiocarbonyl (C=S) groups is 1. The van der Waals surface area contributed by atoms with E-state index < -0.39 is 0 Å². The molecule has 0 saturated heterocycles. The van der Waals surface area contributed by atoms with E-state index in [1.54, 1.807) is 0 Å². The van der Waals surface area contributed by atoms with E-state index in [-0.39, 0.29) is 6.04 Å². The topological polar surface area (TPSA) is 29.3 Å². The lowest BCUT2D eigenvalue weighted by Crippen LogP contribution is -2.25. The number of nitrogens with zero attached hydrogens (tertiary/aromatic N) is 1. The van der Waals surface area contributed by atoms with Crippen molar-refractivity contribution in [3.05, 3.63) is 64.2 Å². The van der Waals surface area contributed by atoms with E-state index >= 15 is 0 Å². The van der Waals surface area contributed by atoms with Crippen LogP contribution in [0.4, 0.5) is 5.69 Å². The van der Waals surface area contributed by atoms with E-state index in [1.807, 2.05) is 44.3 Å². The van der Waals surface area contributed by atoms with Crippen molar-refractivity contribution in [2.75, 3.05) is 11.9 Å². The van der Waals surface area contributed by atoms with Gasteiger partial charge in [-0.1, -0.05) is 53.6 Å². The predicted octanol–water partition coefficient (Wildman–Crippen LogP) is 4.48. The van der Waals surface area contributed by atoms with E-state index in [0.717, 1.165) is 27.4 Å². The van der Waals surface area contributed by atoms with E-state index in [2.05, 4.69) is 24.0 Å². The Kier molecular flexibility index (Phi) is 4.86. The summed E-state index contributed by atoms with van der Waals surface area (Å²) in [5.41, 5.74) is 10.00. The molecular formula is C17H19ClN2S. The number of rotatable bonds is 4. The quantitative estimate of drug-likeness (QED) is 0.843. The lowest BCUT2D eigenvalue weighted by molar-refractivity contribution is 0.739. The molecular weight excluding hydrogens is 300 g/mol. The fraction of sp³-hybridized carbons (Fsp3) is 0.235. The second kappa shape index (κ2) is 6.46. The van der Waals surface area contributed by atoms with Gasteiger partial charge in [0.1, 0.15) is 4.99 Å². The fourth-order valence-corrected chi connectivity index (χ4v) is 2.84. The molecule has 0 spiro atoms. The van der Waals surface area contributed by atoms with Gasteiger partial charge < -0.3 is 10.6 Å². The van der Waals surface area contributed by atoms with Crippen LogP contribution in [0.2, 0.25) is 5.02 Å². The predicted molar refractivity (Wildman–Crippen MR) is 95.3 cm³/mol. The molecule has 0 aliphatic carbocycles. The molecule has 21 heavy (non-hydrogen) atoms. The molecule has 0 bridgehead atoms. The van der Waals surface area contributed by atoms with Crippen molar-refractivity contribution in [1.82, 2.24) is 0 Å². The van der Waals surface area contributed by atoms with Crippen LogP contribution in [0.5, 0.6) is 0 Å². The summed E-state index contributed by atoms with van der Waals surface area (Å²) >= 11 is 11.5. The van der Waals surface area contributed by atoms with E-state index in [9.17, 15) is 0 Å². The molecule has 0 aromatic heterocycles. The smallest absolute Gasteiger partial charge is 0.106 e. The minimum absolute atomic E-state index is 0.120. The molecule has 0 saturated carbocycles. The first kappa shape index (κ1) is 15.8. The van der Waals surface area contributed by atoms with Crippen molar-refractivity contribution in [3.63, 3.8) is 0 Å². The van der Waals surface area contributed by atoms with E-state index in [0.29, 0.717) is 4.99 Å². The zero-order chi connectivity index (χ0) is 15.6. The molecule has 0 aliphatic rings. The summed E-state index contributed by atoms with van der Waals surface area (Å²) in [6, 6.07) is 14.1. The van der Waals surface area contributed by atoms with Gasteiger partial charge in [-0.2, -0.15) is 0 Å². The number of benzene rings is 2. The van der Waals surface area contributed by atoms with Gasteiger partial charge in [0.15, 0.2) is 0 Å². The van der Waals surface area contributed by atoms with Crippen LogP contribution < -0.4 is 10.6 Å². The van der Waals surface area contributed by atoms with Crippen LogP contribution in [-0.2, 0) is 0 Å². The zero-order valence-electron chi connectivity index (χ0n) is 12.4. The van der Waals surface area contributed by atoms with Gasteiger partial charge in [-0.3, -0.25) is 0 Å². The highest BCUT2D eigenvalue weighted by molar-refractivity contribution is 7.80. The van der Waals surface area contributed by atoms with Crippen molar-refractivity contribution in [2.45, 2.75) is 19.9 Å². The maximum absolute atomic E-state index is 6.30. The standard InChI is InChI=1S/C17H19ClN2S/c1-11-8-9-16(14(10-11)17(19)21)20(3)12(2)13-6-4-5-7-15(13)18/h4-10,12H,1-3H3,(H2,19,21). The monoisotopic (exact) mass is 318 g/mol. The van der Waals surface area contributed by atoms with Crippen LogP contribution in [0.25, 0.3) is 0 Å². The summed E-state index contributed by atoms with van der Waals surface area (Å²) in [5.74, 6) is 0. The van der Waals surface area contributed by atoms with Gasteiger partial charge in [-0.15, -0.1) is 0 Å². The molecule has 2 aromatic rings. The molecule has 110 valence electrons. The maximum atomic E-state index is 6.30. The molecule has 0 amide bonds. The van der Waals surface area contributed by atoms with Crippen LogP contribution in [0.1, 0.15) is 29.7 Å². The van der Waals surface area contributed by atoms with Crippen LogP contribution >= 0.6 is 23.8 Å². The zero-order valence-corrected chi connectivity index (χ0v) is 14.0. The minimum atomic E-state index is 0.120. The molecule has 0 aliphatic heterocycles. The van der Waals surface area contributed by atoms with Crippen LogP contribution in [0.3, 0.4) is 0 Å². The summed E-state index contributed by atoms with van der Waals surface area (Å²) < 4.78 is 0. The SMILES string of the molecule is Cc1ccc(N(C)C(C)c2ccccc2Cl)c(C(N)=S)c1. The van der Waals surface area contributed by atoms with Gasteiger partial charge in [0.05, 0.1) is 6.04 Å². The number of aryl methyl sites for hydroxylation is 1. The Morgan fingerprint density at radius 3 is 2.52 bits per heavy atom. The Hall–Kier alpha value is -1.58. The van der Waals surface area contributed by atoms with Crippen LogP contribution in [0, 0.1) is 6.92 Å². The van der Waals surface area contributed by atoms with Gasteiger partial charge >= 0.3 is 0 Å². The molecule has 0 radical (unpaired) electrons. The van der Waals surface area contributed by atoms with Gasteiger partial charge in [0.2, 0.25) is 0 Å². The Bertz CT molecular complexity index is 670. The first-order valence-electron chi connectivity index (χ1n) is 6.79. The number of hydrogen-bond donors (Lipinski definition) is 1. The lowest BCUT2D eigenvalue weighted by atomic mass is 10.0. The first-order valence-corrected chi connectivity index (χ1v) is 7.58. The second-order valence-electron chi connectivity index (χ2n) is 5.19. The Morgan fingerprint density at radius 2 is 1.90 bits per heavy atom. The highest BCUT2D eigenvalue weighted by atomic mass is 35.5. The summed E-state index contributed by atoms with van der Waals surface area (Å²) in [5, 5.41) is 0.765. The van der Waals surface area contributed by atoms with Crippen molar-refractivity contribution in [3.8, 4) is 0 Å². The third-order valence-electron chi connectivity index (χ3n) is 3.73. The van der Waals surface area contributed by atoms with Gasteiger partial charge in [-0.05, 0) is 37.6 Å². The number of halogens is 1. The molecule has 2 nitrogen and oxygen atoms in total. The largest absolute Gasteiger partial charge is 0.389 e. The Morgan fingerprint density at radius 1 is 1.24 bits per heavy atom. The average Bonchev–Trinajstić information content (AvgIpc) is 2.46. The third kappa shape index (κ3) is 3.36. The highest BCUT2D eigenvalue weighted by Crippen LogP contribution is 2.32. The molecule has 0 fully saturated rings. The van der Waals surface area contributed by atoms with Gasteiger partial charge in [0, 0.05) is 23.3 Å². The van der Waals surface area contributed by atoms with E-state index in [1.165, 1.54) is 0 Å². The molecule has 2 aromatic carbocycles. The van der Waals surface area contributed by atoms with Crippen molar-refractivity contribution in [2.24, 2.45) is 5.73 Å². The average molecular weight is 319 g/mol. The summed E-state index contributed by atoms with van der Waals surface area (Å²) in [7, 11) is 2.03. The number of hydrogen-bond acceptors (Lipinski definition) is 2. The first-order chi connectivity index (χ1) is 9.91. The Balaban J connectivity index is 2.43. The van der Waals surface area contributed by atoms with Crippen molar-refractivity contribution in [1.29, 1.82) is 0 Å². The van der Waals surface area contributed by atoms with Crippen LogP contribution in [0.15, 0.2) is 42.5 Å². The third-order valence-corrected chi connectivity index (χ3v) is 4.30. The molecule has 0 heterocycles. The summed E-state index contributed by atoms with van der Waals surface area (Å²) in [6.07, 6.45) is 0. The van der Waals surface area contributed by atoms with Crippen molar-refractivity contribution < 1.29 is 0 Å². The molecule has 1 atom stereocenters. The molecule has 2 N–H and O–H groups in total. The fourth-order valence-electron chi connectivity index (χ4n) is 2.39. The molecule has 2 rings (SSSR count). The summed E-state index contributed by atoms with van der Waals surface area (Å²) in [6.45, 7) is 4.15. The molecule has 1 unspecified atom stereocenters. The normalized spacial score (nSPS) is 12.0. The number of anilines is 1. The van der Waals surface area contributed by atoms with Crippen molar-refractivity contribution >= 4 is 34.5 Å². The van der Waals surface area contributed by atoms with E-state index in [4.69, 9.17) is 29.6 Å². The van der Waals surface area contributed by atoms with Gasteiger partial charge in [-0.25, -0.2) is 0 Å². The lowest BCUT2D eigenvalue weighted by Gasteiger charge is -2.30. The second-order valence-corrected chi connectivity index (χ2v) is 6.04. The number of nitrogens with two attached hydrogens (primary N) is 1. The summed E-state index contributed by atoms with van der Waals surface area (Å²) in [4.78, 5) is 2.56. The highest BCUT2D eigenvalue weighted by Gasteiger charge is 2.18. The van der Waals surface area contributed by atoms with Gasteiger partial charge in [0.25, 0.3) is 0 Å². The molecule has 4 heteroatoms. The maximum Gasteiger partial charge on any atom is 0.106 e. The Labute approximate surface area is 136 Å².